The van der Waals surface area contributed by atoms with Crippen LogP contribution in [0.3, 0.4) is 0 Å². The van der Waals surface area contributed by atoms with E-state index in [0.717, 1.165) is 141 Å². The Morgan fingerprint density at radius 3 is 0.855 bits per heavy atom. The number of hydrogen-bond donors (Lipinski definition) is 3. The highest BCUT2D eigenvalue weighted by Gasteiger charge is 2.30. The van der Waals surface area contributed by atoms with Gasteiger partial charge in [-0.15, -0.1) is 0 Å². The third-order valence-electron chi connectivity index (χ3n) is 16.8. The molecule has 0 rings (SSSR count). The zero-order chi connectivity index (χ0) is 80.3. The van der Waals surface area contributed by atoms with Crippen LogP contribution >= 0.6 is 15.6 Å². The largest absolute Gasteiger partial charge is 0.472 e. The summed E-state index contributed by atoms with van der Waals surface area (Å²) >= 11 is 0. The van der Waals surface area contributed by atoms with E-state index in [2.05, 4.69) is 186 Å². The molecule has 0 spiro atoms. The van der Waals surface area contributed by atoms with Crippen LogP contribution in [0.2, 0.25) is 0 Å². The molecule has 0 aromatic heterocycles. The first-order chi connectivity index (χ1) is 53.7. The first kappa shape index (κ1) is 104. The van der Waals surface area contributed by atoms with Gasteiger partial charge >= 0.3 is 39.5 Å². The van der Waals surface area contributed by atoms with Gasteiger partial charge in [0.1, 0.15) is 19.3 Å². The summed E-state index contributed by atoms with van der Waals surface area (Å²) in [6, 6.07) is 0. The fraction of sp³-hybridized carbons (Fsp3) is 0.626. The summed E-state index contributed by atoms with van der Waals surface area (Å²) in [6.07, 6.45) is 98.8. The van der Waals surface area contributed by atoms with Gasteiger partial charge in [-0.1, -0.05) is 293 Å². The van der Waals surface area contributed by atoms with E-state index in [9.17, 15) is 43.2 Å². The smallest absolute Gasteiger partial charge is 0.462 e. The van der Waals surface area contributed by atoms with Gasteiger partial charge < -0.3 is 33.8 Å². The van der Waals surface area contributed by atoms with Crippen LogP contribution in [0.1, 0.15) is 310 Å². The second-order valence-electron chi connectivity index (χ2n) is 27.3. The second kappa shape index (κ2) is 81.2. The minimum atomic E-state index is -5.02. The molecule has 0 aliphatic heterocycles. The summed E-state index contributed by atoms with van der Waals surface area (Å²) in [4.78, 5) is 73.1. The number of phosphoric acid groups is 2. The van der Waals surface area contributed by atoms with Gasteiger partial charge in [-0.3, -0.25) is 37.3 Å². The molecule has 0 saturated heterocycles. The molecule has 110 heavy (non-hydrogen) atoms. The number of carbonyl (C=O) groups excluding carboxylic acids is 4. The van der Waals surface area contributed by atoms with Crippen LogP contribution in [0.4, 0.5) is 0 Å². The average Bonchev–Trinajstić information content (AvgIpc) is 0.906. The van der Waals surface area contributed by atoms with Crippen LogP contribution in [0.5, 0.6) is 0 Å². The lowest BCUT2D eigenvalue weighted by Gasteiger charge is -2.21. The number of esters is 4. The van der Waals surface area contributed by atoms with Gasteiger partial charge in [0.15, 0.2) is 12.2 Å². The molecule has 0 fully saturated rings. The molecule has 0 aromatic carbocycles. The topological polar surface area (TPSA) is 237 Å². The molecule has 5 atom stereocenters. The number of aliphatic hydroxyl groups excluding tert-OH is 1. The quantitative estimate of drug-likeness (QED) is 0.0169. The zero-order valence-corrected chi connectivity index (χ0v) is 70.1. The van der Waals surface area contributed by atoms with Crippen LogP contribution < -0.4 is 0 Å². The summed E-state index contributed by atoms with van der Waals surface area (Å²) in [5.74, 6) is -2.40. The molecular formula is C91H148O17P2. The van der Waals surface area contributed by atoms with Gasteiger partial charge in [-0.25, -0.2) is 9.13 Å². The molecule has 0 heterocycles. The van der Waals surface area contributed by atoms with Crippen molar-refractivity contribution in [3.63, 3.8) is 0 Å². The van der Waals surface area contributed by atoms with E-state index in [1.165, 1.54) is 77.0 Å². The number of aliphatic hydroxyl groups is 1. The summed E-state index contributed by atoms with van der Waals surface area (Å²) in [5, 5.41) is 10.7. The Labute approximate surface area is 666 Å². The molecule has 3 N–H and O–H groups in total. The maximum atomic E-state index is 13.1. The Kier molecular flexibility index (Phi) is 76.9. The van der Waals surface area contributed by atoms with Gasteiger partial charge in [-0.05, 0) is 173 Å². The van der Waals surface area contributed by atoms with Crippen LogP contribution in [-0.4, -0.2) is 96.7 Å². The maximum absolute atomic E-state index is 13.1. The highest BCUT2D eigenvalue weighted by atomic mass is 31.2. The second-order valence-corrected chi connectivity index (χ2v) is 30.2. The normalized spacial score (nSPS) is 14.7. The number of hydrogen-bond acceptors (Lipinski definition) is 15. The lowest BCUT2D eigenvalue weighted by molar-refractivity contribution is -0.161. The molecule has 0 saturated carbocycles. The van der Waals surface area contributed by atoms with Crippen molar-refractivity contribution in [2.24, 2.45) is 0 Å². The van der Waals surface area contributed by atoms with Crippen LogP contribution in [0.15, 0.2) is 182 Å². The number of rotatable bonds is 77. The van der Waals surface area contributed by atoms with E-state index < -0.39 is 97.5 Å². The summed E-state index contributed by atoms with van der Waals surface area (Å²) in [7, 11) is -10.0. The van der Waals surface area contributed by atoms with Crippen molar-refractivity contribution < 1.29 is 80.2 Å². The van der Waals surface area contributed by atoms with E-state index in [1.807, 2.05) is 24.3 Å². The Balaban J connectivity index is 5.54. The summed E-state index contributed by atoms with van der Waals surface area (Å²) in [6.45, 7) is 4.50. The van der Waals surface area contributed by atoms with Crippen molar-refractivity contribution in [2.45, 2.75) is 329 Å². The monoisotopic (exact) mass is 1580 g/mol. The third kappa shape index (κ3) is 80.2. The lowest BCUT2D eigenvalue weighted by Crippen LogP contribution is -2.30. The standard InChI is InChI=1S/C91H148O17P2/c1-5-9-13-17-21-25-29-33-37-40-42-45-48-51-55-59-63-67-71-75-88(93)101-81-86(107-90(95)77-73-69-65-61-57-53-47-36-32-28-24-20-16-12-8-4)83-105-109(97,98)103-79-85(92)80-104-110(99,100)106-84-87(108-91(96)78-74-70-66-62-58-54-50-44-39-35-31-27-23-19-15-11-7-3)82-102-89(94)76-72-68-64-60-56-52-49-46-43-41-38-34-30-26-22-18-14-10-6-2/h10,14,21-23,25-27,33-39,42-43,45-47,50-52,54-56,62-63,66-67,85-87,92H,5-9,11-13,15-20,24,28-32,40-41,44,48-49,53,57-61,64-65,68-84H2,1-4H3,(H,97,98)(H,99,100)/b14-10-,25-21-,26-22-,27-23-,37-33-,38-34-,39-35-,45-42-,46-43-,47-36-,54-50-,55-51-,56-52-,66-62-,67-63-/t85-,86+,87+/m0/s1. The number of phosphoric ester groups is 2. The molecule has 19 heteroatoms. The number of ether oxygens (including phenoxy) is 4. The van der Waals surface area contributed by atoms with Crippen molar-refractivity contribution in [1.82, 2.24) is 0 Å². The van der Waals surface area contributed by atoms with Gasteiger partial charge in [-0.2, -0.15) is 0 Å². The van der Waals surface area contributed by atoms with E-state index in [0.29, 0.717) is 38.5 Å². The van der Waals surface area contributed by atoms with Crippen molar-refractivity contribution in [1.29, 1.82) is 0 Å². The van der Waals surface area contributed by atoms with Gasteiger partial charge in [0.25, 0.3) is 0 Å². The molecule has 0 aliphatic rings. The lowest BCUT2D eigenvalue weighted by atomic mass is 10.1. The Hall–Kier alpha value is -5.84. The first-order valence-corrected chi connectivity index (χ1v) is 45.0. The molecule has 0 bridgehead atoms. The predicted molar refractivity (Wildman–Crippen MR) is 454 cm³/mol. The zero-order valence-electron chi connectivity index (χ0n) is 68.4. The van der Waals surface area contributed by atoms with Gasteiger partial charge in [0.05, 0.1) is 26.4 Å². The predicted octanol–water partition coefficient (Wildman–Crippen LogP) is 25.1. The fourth-order valence-electron chi connectivity index (χ4n) is 10.5. The Bertz CT molecular complexity index is 2800. The Morgan fingerprint density at radius 1 is 0.264 bits per heavy atom. The van der Waals surface area contributed by atoms with Crippen LogP contribution in [0, 0.1) is 0 Å². The molecule has 0 aliphatic carbocycles. The maximum Gasteiger partial charge on any atom is 0.472 e. The van der Waals surface area contributed by atoms with E-state index in [4.69, 9.17) is 37.0 Å². The fourth-order valence-corrected chi connectivity index (χ4v) is 12.0. The van der Waals surface area contributed by atoms with Crippen LogP contribution in [0.25, 0.3) is 0 Å². The van der Waals surface area contributed by atoms with Crippen molar-refractivity contribution >= 4 is 39.5 Å². The highest BCUT2D eigenvalue weighted by molar-refractivity contribution is 7.47. The van der Waals surface area contributed by atoms with E-state index >= 15 is 0 Å². The molecular weight excluding hydrogens is 1430 g/mol. The summed E-state index contributed by atoms with van der Waals surface area (Å²) < 4.78 is 68.6. The van der Waals surface area contributed by atoms with E-state index in [1.54, 1.807) is 0 Å². The van der Waals surface area contributed by atoms with E-state index in [-0.39, 0.29) is 25.7 Å². The van der Waals surface area contributed by atoms with Gasteiger partial charge in [0.2, 0.25) is 0 Å². The minimum absolute atomic E-state index is 0.00269. The van der Waals surface area contributed by atoms with Gasteiger partial charge in [0, 0.05) is 25.7 Å². The average molecular weight is 1580 g/mol. The van der Waals surface area contributed by atoms with Crippen molar-refractivity contribution in [3.8, 4) is 0 Å². The van der Waals surface area contributed by atoms with Crippen LogP contribution in [-0.2, 0) is 65.4 Å². The third-order valence-corrected chi connectivity index (χ3v) is 18.7. The first-order valence-electron chi connectivity index (χ1n) is 42.0. The molecule has 0 amide bonds. The number of unbranched alkanes of at least 4 members (excludes halogenated alkanes) is 21. The highest BCUT2D eigenvalue weighted by Crippen LogP contribution is 2.45. The molecule has 624 valence electrons. The minimum Gasteiger partial charge on any atom is -0.462 e. The number of allylic oxidation sites excluding steroid dienone is 30. The molecule has 0 radical (unpaired) electrons. The van der Waals surface area contributed by atoms with Crippen molar-refractivity contribution in [2.75, 3.05) is 39.6 Å². The number of carbonyl (C=O) groups is 4. The SMILES string of the molecule is CC/C=C\C/C=C\C/C=C\C/C=C\C/C=C\CCCCCC(=O)OC[C@H](COP(=O)(O)OC[C@@H](O)COP(=O)(O)OC[C@@H](COC(=O)CC/C=C\C/C=C\C/C=C\C/C=C\C/C=C\CCCCC)OC(=O)CCCCCCC/C=C\CCCCCCCC)OC(=O)CCC/C=C\C/C=C\C/C=C\C/C=C\CCCCC. The Morgan fingerprint density at radius 2 is 0.500 bits per heavy atom. The molecule has 2 unspecified atom stereocenters. The molecule has 17 nitrogen and oxygen atoms in total. The summed E-state index contributed by atoms with van der Waals surface area (Å²) in [5.41, 5.74) is 0. The molecule has 0 aromatic rings. The van der Waals surface area contributed by atoms with Crippen molar-refractivity contribution in [3.05, 3.63) is 182 Å².